The van der Waals surface area contributed by atoms with Gasteiger partial charge in [0, 0.05) is 50.7 Å². The van der Waals surface area contributed by atoms with Crippen LogP contribution in [0.25, 0.3) is 11.1 Å². The lowest BCUT2D eigenvalue weighted by Crippen LogP contribution is -2.48. The first-order valence-electron chi connectivity index (χ1n) is 9.88. The summed E-state index contributed by atoms with van der Waals surface area (Å²) in [6, 6.07) is 19.9. The van der Waals surface area contributed by atoms with Crippen molar-refractivity contribution in [1.29, 1.82) is 0 Å². The van der Waals surface area contributed by atoms with Crippen LogP contribution in [0, 0.1) is 0 Å². The van der Waals surface area contributed by atoms with Crippen molar-refractivity contribution in [3.05, 3.63) is 84.2 Å². The van der Waals surface area contributed by atoms with Crippen LogP contribution in [-0.2, 0) is 6.54 Å². The zero-order valence-corrected chi connectivity index (χ0v) is 16.6. The second-order valence-corrected chi connectivity index (χ2v) is 7.23. The number of amides is 1. The van der Waals surface area contributed by atoms with Crippen LogP contribution < -0.4 is 4.74 Å². The highest BCUT2D eigenvalue weighted by Crippen LogP contribution is 2.20. The average molecular weight is 387 g/mol. The van der Waals surface area contributed by atoms with Gasteiger partial charge in [-0.25, -0.2) is 0 Å². The van der Waals surface area contributed by atoms with Crippen molar-refractivity contribution in [3.8, 4) is 16.9 Å². The molecule has 0 radical (unpaired) electrons. The Hall–Kier alpha value is -3.18. The molecular weight excluding hydrogens is 362 g/mol. The monoisotopic (exact) mass is 387 g/mol. The van der Waals surface area contributed by atoms with Crippen LogP contribution in [0.1, 0.15) is 15.9 Å². The normalized spacial score (nSPS) is 14.6. The first-order chi connectivity index (χ1) is 14.2. The third-order valence-corrected chi connectivity index (χ3v) is 5.35. The fourth-order valence-electron chi connectivity index (χ4n) is 3.67. The van der Waals surface area contributed by atoms with Crippen molar-refractivity contribution >= 4 is 5.91 Å². The van der Waals surface area contributed by atoms with Crippen LogP contribution in [0.2, 0.25) is 0 Å². The van der Waals surface area contributed by atoms with Gasteiger partial charge in [-0.1, -0.05) is 24.3 Å². The summed E-state index contributed by atoms with van der Waals surface area (Å²) in [7, 11) is 1.69. The molecule has 0 N–H and O–H groups in total. The van der Waals surface area contributed by atoms with Gasteiger partial charge in [0.05, 0.1) is 7.11 Å². The minimum absolute atomic E-state index is 0.104. The molecule has 1 aliphatic rings. The standard InChI is InChI=1S/C24H25N3O2/c1-29-23-4-2-3-19(17-23)18-26-13-15-27(16-14-26)24(28)22-7-5-20(6-8-22)21-9-11-25-12-10-21/h2-12,17H,13-16,18H2,1H3. The van der Waals surface area contributed by atoms with E-state index in [1.165, 1.54) is 5.56 Å². The maximum absolute atomic E-state index is 12.9. The third-order valence-electron chi connectivity index (χ3n) is 5.35. The quantitative estimate of drug-likeness (QED) is 0.669. The molecular formula is C24H25N3O2. The molecule has 148 valence electrons. The van der Waals surface area contributed by atoms with Crippen molar-refractivity contribution in [2.45, 2.75) is 6.54 Å². The highest BCUT2D eigenvalue weighted by Gasteiger charge is 2.22. The number of carbonyl (C=O) groups excluding carboxylic acids is 1. The lowest BCUT2D eigenvalue weighted by molar-refractivity contribution is 0.0628. The molecule has 1 saturated heterocycles. The zero-order valence-electron chi connectivity index (χ0n) is 16.6. The number of nitrogens with zero attached hydrogens (tertiary/aromatic N) is 3. The molecule has 0 saturated carbocycles. The molecule has 1 amide bonds. The Bertz CT molecular complexity index is 949. The molecule has 0 aliphatic carbocycles. The SMILES string of the molecule is COc1cccc(CN2CCN(C(=O)c3ccc(-c4ccncc4)cc3)CC2)c1. The minimum Gasteiger partial charge on any atom is -0.497 e. The predicted octanol–water partition coefficient (Wildman–Crippen LogP) is 3.72. The Kier molecular flexibility index (Phi) is 5.86. The number of rotatable bonds is 5. The number of hydrogen-bond donors (Lipinski definition) is 0. The van der Waals surface area contributed by atoms with Crippen LogP contribution in [0.5, 0.6) is 5.75 Å². The Morgan fingerprint density at radius 3 is 2.31 bits per heavy atom. The van der Waals surface area contributed by atoms with Crippen molar-refractivity contribution in [1.82, 2.24) is 14.8 Å². The number of aromatic nitrogens is 1. The summed E-state index contributed by atoms with van der Waals surface area (Å²) in [6.07, 6.45) is 3.55. The zero-order chi connectivity index (χ0) is 20.1. The molecule has 2 aromatic carbocycles. The van der Waals surface area contributed by atoms with Gasteiger partial charge in [-0.3, -0.25) is 14.7 Å². The number of ether oxygens (including phenoxy) is 1. The van der Waals surface area contributed by atoms with E-state index in [0.29, 0.717) is 0 Å². The second-order valence-electron chi connectivity index (χ2n) is 7.23. The maximum atomic E-state index is 12.9. The lowest BCUT2D eigenvalue weighted by Gasteiger charge is -2.34. The largest absolute Gasteiger partial charge is 0.497 e. The van der Waals surface area contributed by atoms with Crippen molar-refractivity contribution in [3.63, 3.8) is 0 Å². The molecule has 0 spiro atoms. The molecule has 5 heteroatoms. The number of benzene rings is 2. The summed E-state index contributed by atoms with van der Waals surface area (Å²) in [4.78, 5) is 21.3. The van der Waals surface area contributed by atoms with Gasteiger partial charge in [0.15, 0.2) is 0 Å². The summed E-state index contributed by atoms with van der Waals surface area (Å²) >= 11 is 0. The molecule has 4 rings (SSSR count). The van der Waals surface area contributed by atoms with E-state index in [4.69, 9.17) is 4.74 Å². The van der Waals surface area contributed by atoms with E-state index >= 15 is 0 Å². The second kappa shape index (κ2) is 8.88. The van der Waals surface area contributed by atoms with Crippen LogP contribution >= 0.6 is 0 Å². The van der Waals surface area contributed by atoms with E-state index in [1.54, 1.807) is 19.5 Å². The topological polar surface area (TPSA) is 45.7 Å². The lowest BCUT2D eigenvalue weighted by atomic mass is 10.0. The first kappa shape index (κ1) is 19.2. The van der Waals surface area contributed by atoms with Gasteiger partial charge in [0.2, 0.25) is 0 Å². The molecule has 3 aromatic rings. The Morgan fingerprint density at radius 1 is 0.931 bits per heavy atom. The van der Waals surface area contributed by atoms with Gasteiger partial charge < -0.3 is 9.64 Å². The third kappa shape index (κ3) is 4.63. The summed E-state index contributed by atoms with van der Waals surface area (Å²) in [5.74, 6) is 0.985. The van der Waals surface area contributed by atoms with E-state index in [9.17, 15) is 4.79 Å². The molecule has 1 aromatic heterocycles. The van der Waals surface area contributed by atoms with Gasteiger partial charge in [-0.15, -0.1) is 0 Å². The predicted molar refractivity (Wildman–Crippen MR) is 114 cm³/mol. The van der Waals surface area contributed by atoms with Crippen LogP contribution in [0.15, 0.2) is 73.1 Å². The number of piperazine rings is 1. The van der Waals surface area contributed by atoms with E-state index in [2.05, 4.69) is 22.0 Å². The molecule has 0 atom stereocenters. The van der Waals surface area contributed by atoms with E-state index < -0.39 is 0 Å². The van der Waals surface area contributed by atoms with Crippen LogP contribution in [0.4, 0.5) is 0 Å². The Morgan fingerprint density at radius 2 is 1.62 bits per heavy atom. The number of pyridine rings is 1. The number of carbonyl (C=O) groups is 1. The summed E-state index contributed by atoms with van der Waals surface area (Å²) < 4.78 is 5.30. The van der Waals surface area contributed by atoms with E-state index in [0.717, 1.165) is 55.2 Å². The van der Waals surface area contributed by atoms with Crippen LogP contribution in [0.3, 0.4) is 0 Å². The van der Waals surface area contributed by atoms with Crippen molar-refractivity contribution in [2.24, 2.45) is 0 Å². The minimum atomic E-state index is 0.104. The highest BCUT2D eigenvalue weighted by molar-refractivity contribution is 5.94. The van der Waals surface area contributed by atoms with Crippen LogP contribution in [-0.4, -0.2) is 54.0 Å². The fraction of sp³-hybridized carbons (Fsp3) is 0.250. The maximum Gasteiger partial charge on any atom is 0.253 e. The van der Waals surface area contributed by atoms with E-state index in [-0.39, 0.29) is 5.91 Å². The summed E-state index contributed by atoms with van der Waals surface area (Å²) in [5.41, 5.74) is 4.16. The average Bonchev–Trinajstić information content (AvgIpc) is 2.80. The molecule has 0 bridgehead atoms. The van der Waals surface area contributed by atoms with Gasteiger partial charge >= 0.3 is 0 Å². The Balaban J connectivity index is 1.34. The fourth-order valence-corrected chi connectivity index (χ4v) is 3.67. The van der Waals surface area contributed by atoms with Gasteiger partial charge in [-0.2, -0.15) is 0 Å². The Labute approximate surface area is 171 Å². The molecule has 5 nitrogen and oxygen atoms in total. The summed E-state index contributed by atoms with van der Waals surface area (Å²) in [5, 5.41) is 0. The molecule has 1 fully saturated rings. The molecule has 1 aliphatic heterocycles. The van der Waals surface area contributed by atoms with Crippen molar-refractivity contribution < 1.29 is 9.53 Å². The summed E-state index contributed by atoms with van der Waals surface area (Å²) in [6.45, 7) is 4.11. The molecule has 0 unspecified atom stereocenters. The number of hydrogen-bond acceptors (Lipinski definition) is 4. The van der Waals surface area contributed by atoms with Gasteiger partial charge in [-0.05, 0) is 53.1 Å². The van der Waals surface area contributed by atoms with Gasteiger partial charge in [0.1, 0.15) is 5.75 Å². The number of methoxy groups -OCH3 is 1. The smallest absolute Gasteiger partial charge is 0.253 e. The highest BCUT2D eigenvalue weighted by atomic mass is 16.5. The first-order valence-corrected chi connectivity index (χ1v) is 9.88. The molecule has 2 heterocycles. The molecule has 29 heavy (non-hydrogen) atoms. The van der Waals surface area contributed by atoms with E-state index in [1.807, 2.05) is 53.4 Å². The van der Waals surface area contributed by atoms with Crippen molar-refractivity contribution in [2.75, 3.05) is 33.3 Å². The van der Waals surface area contributed by atoms with Gasteiger partial charge in [0.25, 0.3) is 5.91 Å².